The summed E-state index contributed by atoms with van der Waals surface area (Å²) in [7, 11) is 0. The lowest BCUT2D eigenvalue weighted by Gasteiger charge is -2.40. The van der Waals surface area contributed by atoms with Crippen LogP contribution in [0.4, 0.5) is 5.95 Å². The van der Waals surface area contributed by atoms with Crippen LogP contribution in [0.25, 0.3) is 0 Å². The van der Waals surface area contributed by atoms with Crippen LogP contribution in [0.15, 0.2) is 65.5 Å². The van der Waals surface area contributed by atoms with E-state index in [-0.39, 0.29) is 11.6 Å². The summed E-state index contributed by atoms with van der Waals surface area (Å²) in [5.41, 5.74) is 4.22. The second-order valence-electron chi connectivity index (χ2n) is 7.55. The summed E-state index contributed by atoms with van der Waals surface area (Å²) in [6.07, 6.45) is 0.706. The molecule has 2 aromatic carbocycles. The molecular weight excluding hydrogens is 360 g/mol. The lowest BCUT2D eigenvalue weighted by molar-refractivity contribution is 0.211. The predicted molar refractivity (Wildman–Crippen MR) is 117 cm³/mol. The molecule has 0 atom stereocenters. The summed E-state index contributed by atoms with van der Waals surface area (Å²) in [5.74, 6) is 0.695. The molecule has 1 aliphatic rings. The second-order valence-corrected chi connectivity index (χ2v) is 7.55. The first-order chi connectivity index (χ1) is 14.2. The van der Waals surface area contributed by atoms with Gasteiger partial charge in [-0.3, -0.25) is 14.7 Å². The number of H-pyrrole nitrogens is 1. The molecule has 0 amide bonds. The normalized spacial score (nSPS) is 15.1. The number of rotatable bonds is 5. The lowest BCUT2D eigenvalue weighted by Crippen LogP contribution is -2.48. The van der Waals surface area contributed by atoms with Gasteiger partial charge in [-0.25, -0.2) is 4.98 Å². The third-order valence-corrected chi connectivity index (χ3v) is 5.77. The van der Waals surface area contributed by atoms with Gasteiger partial charge in [-0.1, -0.05) is 67.6 Å². The van der Waals surface area contributed by atoms with Crippen LogP contribution in [-0.4, -0.2) is 41.0 Å². The molecule has 2 heterocycles. The zero-order valence-electron chi connectivity index (χ0n) is 17.1. The summed E-state index contributed by atoms with van der Waals surface area (Å²) in [5, 5.41) is 0. The van der Waals surface area contributed by atoms with Crippen LogP contribution < -0.4 is 10.5 Å². The van der Waals surface area contributed by atoms with Crippen LogP contribution in [0.1, 0.15) is 35.3 Å². The van der Waals surface area contributed by atoms with Crippen molar-refractivity contribution < 1.29 is 0 Å². The minimum atomic E-state index is -0.0103. The summed E-state index contributed by atoms with van der Waals surface area (Å²) in [4.78, 5) is 24.7. The number of nitrogens with one attached hydrogen (secondary N) is 1. The van der Waals surface area contributed by atoms with E-state index in [1.54, 1.807) is 0 Å². The van der Waals surface area contributed by atoms with E-state index in [9.17, 15) is 4.79 Å². The largest absolute Gasteiger partial charge is 0.340 e. The van der Waals surface area contributed by atoms with E-state index in [2.05, 4.69) is 80.4 Å². The maximum Gasteiger partial charge on any atom is 0.255 e. The third-order valence-electron chi connectivity index (χ3n) is 5.77. The molecule has 1 aromatic heterocycles. The van der Waals surface area contributed by atoms with Crippen molar-refractivity contribution in [3.63, 3.8) is 0 Å². The van der Waals surface area contributed by atoms with Gasteiger partial charge in [0, 0.05) is 37.4 Å². The molecule has 4 rings (SSSR count). The van der Waals surface area contributed by atoms with Crippen molar-refractivity contribution in [2.45, 2.75) is 26.3 Å². The highest BCUT2D eigenvalue weighted by molar-refractivity contribution is 5.36. The Kier molecular flexibility index (Phi) is 5.76. The zero-order valence-corrected chi connectivity index (χ0v) is 17.1. The Hall–Kier alpha value is -2.92. The molecule has 0 saturated carbocycles. The number of hydrogen-bond acceptors (Lipinski definition) is 4. The molecule has 1 saturated heterocycles. The highest BCUT2D eigenvalue weighted by Gasteiger charge is 2.27. The molecular formula is C24H28N4O. The highest BCUT2D eigenvalue weighted by atomic mass is 16.1. The van der Waals surface area contributed by atoms with E-state index >= 15 is 0 Å². The standard InChI is InChI=1S/C24H28N4O/c1-3-21-18(2)25-24(26-23(21)29)28-16-14-27(15-17-28)22(19-10-6-4-7-11-19)20-12-8-5-9-13-20/h4-13,22H,3,14-17H2,1-2H3,(H,25,26,29). The number of hydrogen-bond donors (Lipinski definition) is 1. The highest BCUT2D eigenvalue weighted by Crippen LogP contribution is 2.29. The van der Waals surface area contributed by atoms with E-state index in [4.69, 9.17) is 0 Å². The third kappa shape index (κ3) is 4.10. The second kappa shape index (κ2) is 8.62. The maximum atomic E-state index is 12.3. The first-order valence-corrected chi connectivity index (χ1v) is 10.4. The molecule has 1 aliphatic heterocycles. The van der Waals surface area contributed by atoms with Crippen molar-refractivity contribution in [3.8, 4) is 0 Å². The van der Waals surface area contributed by atoms with Gasteiger partial charge in [0.05, 0.1) is 6.04 Å². The molecule has 5 nitrogen and oxygen atoms in total. The average Bonchev–Trinajstić information content (AvgIpc) is 2.76. The van der Waals surface area contributed by atoms with Crippen LogP contribution in [0.3, 0.4) is 0 Å². The van der Waals surface area contributed by atoms with Crippen molar-refractivity contribution in [2.75, 3.05) is 31.1 Å². The van der Waals surface area contributed by atoms with E-state index in [0.29, 0.717) is 12.4 Å². The Morgan fingerprint density at radius 2 is 1.48 bits per heavy atom. The van der Waals surface area contributed by atoms with Crippen LogP contribution in [0.2, 0.25) is 0 Å². The van der Waals surface area contributed by atoms with E-state index < -0.39 is 0 Å². The van der Waals surface area contributed by atoms with Gasteiger partial charge in [-0.05, 0) is 24.5 Å². The van der Waals surface area contributed by atoms with Gasteiger partial charge in [-0.2, -0.15) is 0 Å². The van der Waals surface area contributed by atoms with Crippen molar-refractivity contribution in [3.05, 3.63) is 93.4 Å². The first kappa shape index (κ1) is 19.4. The summed E-state index contributed by atoms with van der Waals surface area (Å²) < 4.78 is 0. The van der Waals surface area contributed by atoms with Gasteiger partial charge in [0.1, 0.15) is 0 Å². The molecule has 29 heavy (non-hydrogen) atoms. The quantitative estimate of drug-likeness (QED) is 0.726. The Balaban J connectivity index is 1.55. The fourth-order valence-electron chi connectivity index (χ4n) is 4.24. The number of benzene rings is 2. The number of anilines is 1. The lowest BCUT2D eigenvalue weighted by atomic mass is 9.96. The van der Waals surface area contributed by atoms with Crippen LogP contribution in [0, 0.1) is 6.92 Å². The maximum absolute atomic E-state index is 12.3. The van der Waals surface area contributed by atoms with Gasteiger partial charge in [-0.15, -0.1) is 0 Å². The summed E-state index contributed by atoms with van der Waals surface area (Å²) >= 11 is 0. The van der Waals surface area contributed by atoms with Crippen LogP contribution >= 0.6 is 0 Å². The summed E-state index contributed by atoms with van der Waals surface area (Å²) in [6.45, 7) is 7.41. The minimum Gasteiger partial charge on any atom is -0.340 e. The fraction of sp³-hybridized carbons (Fsp3) is 0.333. The number of aryl methyl sites for hydroxylation is 1. The van der Waals surface area contributed by atoms with Crippen LogP contribution in [0.5, 0.6) is 0 Å². The number of aromatic nitrogens is 2. The molecule has 150 valence electrons. The topological polar surface area (TPSA) is 52.2 Å². The average molecular weight is 389 g/mol. The Bertz CT molecular complexity index is 953. The van der Waals surface area contributed by atoms with Crippen molar-refractivity contribution >= 4 is 5.95 Å². The molecule has 0 radical (unpaired) electrons. The molecule has 1 fully saturated rings. The van der Waals surface area contributed by atoms with Gasteiger partial charge < -0.3 is 4.90 Å². The monoisotopic (exact) mass is 388 g/mol. The number of aromatic amines is 1. The summed E-state index contributed by atoms with van der Waals surface area (Å²) in [6, 6.07) is 21.6. The molecule has 0 spiro atoms. The smallest absolute Gasteiger partial charge is 0.255 e. The zero-order chi connectivity index (χ0) is 20.2. The van der Waals surface area contributed by atoms with E-state index in [1.807, 2.05) is 13.8 Å². The van der Waals surface area contributed by atoms with Gasteiger partial charge in [0.25, 0.3) is 5.56 Å². The van der Waals surface area contributed by atoms with Crippen molar-refractivity contribution in [1.82, 2.24) is 14.9 Å². The SMILES string of the molecule is CCc1c(C)nc(N2CCN(C(c3ccccc3)c3ccccc3)CC2)[nH]c1=O. The van der Waals surface area contributed by atoms with Gasteiger partial charge >= 0.3 is 0 Å². The Morgan fingerprint density at radius 3 is 1.97 bits per heavy atom. The van der Waals surface area contributed by atoms with E-state index in [1.165, 1.54) is 11.1 Å². The minimum absolute atomic E-state index is 0.0103. The van der Waals surface area contributed by atoms with Gasteiger partial charge in [0.2, 0.25) is 5.95 Å². The molecule has 0 bridgehead atoms. The van der Waals surface area contributed by atoms with Crippen LogP contribution in [-0.2, 0) is 6.42 Å². The molecule has 0 unspecified atom stereocenters. The van der Waals surface area contributed by atoms with Crippen molar-refractivity contribution in [1.29, 1.82) is 0 Å². The van der Waals surface area contributed by atoms with Crippen molar-refractivity contribution in [2.24, 2.45) is 0 Å². The number of piperazine rings is 1. The molecule has 3 aromatic rings. The first-order valence-electron chi connectivity index (χ1n) is 10.4. The molecule has 0 aliphatic carbocycles. The van der Waals surface area contributed by atoms with Gasteiger partial charge in [0.15, 0.2) is 0 Å². The Morgan fingerprint density at radius 1 is 0.931 bits per heavy atom. The van der Waals surface area contributed by atoms with E-state index in [0.717, 1.165) is 37.4 Å². The Labute approximate surface area is 172 Å². The number of nitrogens with zero attached hydrogens (tertiary/aromatic N) is 3. The predicted octanol–water partition coefficient (Wildman–Crippen LogP) is 3.55. The molecule has 1 N–H and O–H groups in total. The molecule has 5 heteroatoms. The fourth-order valence-corrected chi connectivity index (χ4v) is 4.24.